The highest BCUT2D eigenvalue weighted by Crippen LogP contribution is 2.38. The molecule has 0 aliphatic carbocycles. The summed E-state index contributed by atoms with van der Waals surface area (Å²) in [6.07, 6.45) is 0.812. The van der Waals surface area contributed by atoms with Crippen LogP contribution in [0.1, 0.15) is 30.6 Å². The van der Waals surface area contributed by atoms with E-state index in [4.69, 9.17) is 14.2 Å². The molecular weight excluding hydrogens is 448 g/mol. The summed E-state index contributed by atoms with van der Waals surface area (Å²) in [5.41, 5.74) is 1.71. The van der Waals surface area contributed by atoms with E-state index in [1.807, 2.05) is 12.1 Å². The largest absolute Gasteiger partial charge is 0.506 e. The SMILES string of the molecule is COc1cc(CCC(C)NCC(O)c2ccc(O)c3[nH]c(=O)ccc23)cc(OC)c1OC.Cl. The quantitative estimate of drug-likeness (QED) is 0.353. The Hall–Kier alpha value is -2.94. The zero-order valence-electron chi connectivity index (χ0n) is 19.2. The number of aromatic nitrogens is 1. The van der Waals surface area contributed by atoms with E-state index in [0.717, 1.165) is 18.4 Å². The first-order valence-electron chi connectivity index (χ1n) is 10.4. The fourth-order valence-corrected chi connectivity index (χ4v) is 3.74. The normalized spacial score (nSPS) is 12.6. The van der Waals surface area contributed by atoms with Gasteiger partial charge in [0.1, 0.15) is 5.75 Å². The number of hydrogen-bond donors (Lipinski definition) is 4. The van der Waals surface area contributed by atoms with Gasteiger partial charge in [0.2, 0.25) is 11.3 Å². The highest BCUT2D eigenvalue weighted by atomic mass is 35.5. The molecular formula is C24H31ClN2O6. The lowest BCUT2D eigenvalue weighted by molar-refractivity contribution is 0.171. The molecule has 2 atom stereocenters. The Balaban J connectivity index is 0.00000385. The Morgan fingerprint density at radius 1 is 1.03 bits per heavy atom. The van der Waals surface area contributed by atoms with Gasteiger partial charge in [-0.15, -0.1) is 12.4 Å². The van der Waals surface area contributed by atoms with Gasteiger partial charge >= 0.3 is 0 Å². The second-order valence-corrected chi connectivity index (χ2v) is 7.68. The van der Waals surface area contributed by atoms with E-state index in [-0.39, 0.29) is 29.8 Å². The summed E-state index contributed by atoms with van der Waals surface area (Å²) in [7, 11) is 4.76. The maximum Gasteiger partial charge on any atom is 0.248 e. The van der Waals surface area contributed by atoms with Crippen LogP contribution in [0.4, 0.5) is 0 Å². The Bertz CT molecular complexity index is 1110. The molecule has 2 unspecified atom stereocenters. The van der Waals surface area contributed by atoms with Crippen LogP contribution >= 0.6 is 12.4 Å². The van der Waals surface area contributed by atoms with Crippen molar-refractivity contribution in [3.63, 3.8) is 0 Å². The van der Waals surface area contributed by atoms with Crippen molar-refractivity contribution >= 4 is 23.3 Å². The summed E-state index contributed by atoms with van der Waals surface area (Å²) >= 11 is 0. The van der Waals surface area contributed by atoms with Crippen molar-refractivity contribution in [2.24, 2.45) is 0 Å². The molecule has 2 aromatic carbocycles. The van der Waals surface area contributed by atoms with Crippen LogP contribution in [-0.4, -0.2) is 49.1 Å². The number of halogens is 1. The monoisotopic (exact) mass is 478 g/mol. The van der Waals surface area contributed by atoms with Crippen LogP contribution in [0.3, 0.4) is 0 Å². The number of H-pyrrole nitrogens is 1. The summed E-state index contributed by atoms with van der Waals surface area (Å²) in [5.74, 6) is 1.78. The molecule has 180 valence electrons. The van der Waals surface area contributed by atoms with Gasteiger partial charge in [-0.3, -0.25) is 4.79 Å². The van der Waals surface area contributed by atoms with Gasteiger partial charge in [-0.1, -0.05) is 6.07 Å². The van der Waals surface area contributed by atoms with E-state index in [2.05, 4.69) is 17.2 Å². The number of nitrogens with one attached hydrogen (secondary N) is 2. The standard InChI is InChI=1S/C24H30N2O6.ClH/c1-14(5-6-15-11-20(30-2)24(32-4)21(12-15)31-3)25-13-19(28)16-7-9-18(27)23-17(16)8-10-22(29)26-23;/h7-12,14,19,25,27-28H,5-6,13H2,1-4H3,(H,26,29);1H. The molecule has 0 aliphatic heterocycles. The van der Waals surface area contributed by atoms with Gasteiger partial charge in [0, 0.05) is 24.0 Å². The third kappa shape index (κ3) is 6.10. The van der Waals surface area contributed by atoms with E-state index in [0.29, 0.717) is 40.3 Å². The summed E-state index contributed by atoms with van der Waals surface area (Å²) in [5, 5.41) is 24.7. The van der Waals surface area contributed by atoms with Crippen LogP contribution in [0, 0.1) is 0 Å². The number of fused-ring (bicyclic) bond motifs is 1. The van der Waals surface area contributed by atoms with E-state index >= 15 is 0 Å². The number of pyridine rings is 1. The van der Waals surface area contributed by atoms with Gasteiger partial charge in [0.05, 0.1) is 33.0 Å². The predicted octanol–water partition coefficient (Wildman–Crippen LogP) is 3.33. The van der Waals surface area contributed by atoms with Gasteiger partial charge in [0.25, 0.3) is 0 Å². The maximum absolute atomic E-state index is 11.6. The number of phenolic OH excluding ortho intramolecular Hbond substituents is 1. The second kappa shape index (κ2) is 11.8. The number of aromatic amines is 1. The van der Waals surface area contributed by atoms with Gasteiger partial charge in [-0.2, -0.15) is 0 Å². The van der Waals surface area contributed by atoms with Crippen molar-refractivity contribution < 1.29 is 24.4 Å². The topological polar surface area (TPSA) is 113 Å². The fourth-order valence-electron chi connectivity index (χ4n) is 3.74. The first kappa shape index (κ1) is 26.3. The number of phenols is 1. The maximum atomic E-state index is 11.6. The average molecular weight is 479 g/mol. The number of aromatic hydroxyl groups is 1. The molecule has 3 aromatic rings. The molecule has 0 saturated carbocycles. The molecule has 0 radical (unpaired) electrons. The summed E-state index contributed by atoms with van der Waals surface area (Å²) < 4.78 is 16.2. The van der Waals surface area contributed by atoms with Crippen molar-refractivity contribution in [2.45, 2.75) is 31.9 Å². The number of rotatable bonds is 10. The summed E-state index contributed by atoms with van der Waals surface area (Å²) in [4.78, 5) is 14.2. The third-order valence-corrected chi connectivity index (χ3v) is 5.52. The minimum atomic E-state index is -0.798. The van der Waals surface area contributed by atoms with E-state index < -0.39 is 6.10 Å². The highest BCUT2D eigenvalue weighted by molar-refractivity contribution is 5.87. The fraction of sp³-hybridized carbons (Fsp3) is 0.375. The van der Waals surface area contributed by atoms with Crippen LogP contribution in [0.2, 0.25) is 0 Å². The highest BCUT2D eigenvalue weighted by Gasteiger charge is 2.16. The molecule has 1 aromatic heterocycles. The Morgan fingerprint density at radius 3 is 2.30 bits per heavy atom. The molecule has 0 saturated heterocycles. The second-order valence-electron chi connectivity index (χ2n) is 7.68. The number of methoxy groups -OCH3 is 3. The van der Waals surface area contributed by atoms with Crippen LogP contribution in [0.5, 0.6) is 23.0 Å². The van der Waals surface area contributed by atoms with Crippen molar-refractivity contribution in [1.29, 1.82) is 0 Å². The van der Waals surface area contributed by atoms with Crippen molar-refractivity contribution in [2.75, 3.05) is 27.9 Å². The lowest BCUT2D eigenvalue weighted by atomic mass is 10.0. The number of aliphatic hydroxyl groups excluding tert-OH is 1. The van der Waals surface area contributed by atoms with Gasteiger partial charge in [-0.25, -0.2) is 0 Å². The third-order valence-electron chi connectivity index (χ3n) is 5.52. The molecule has 0 amide bonds. The lowest BCUT2D eigenvalue weighted by Crippen LogP contribution is -2.31. The smallest absolute Gasteiger partial charge is 0.248 e. The first-order valence-corrected chi connectivity index (χ1v) is 10.4. The van der Waals surface area contributed by atoms with Crippen molar-refractivity contribution in [1.82, 2.24) is 10.3 Å². The summed E-state index contributed by atoms with van der Waals surface area (Å²) in [6, 6.07) is 10.1. The number of hydrogen-bond acceptors (Lipinski definition) is 7. The number of ether oxygens (including phenoxy) is 3. The van der Waals surface area contributed by atoms with Crippen molar-refractivity contribution in [3.8, 4) is 23.0 Å². The van der Waals surface area contributed by atoms with Gasteiger partial charge in [0.15, 0.2) is 11.5 Å². The van der Waals surface area contributed by atoms with Crippen molar-refractivity contribution in [3.05, 3.63) is 57.9 Å². The predicted molar refractivity (Wildman–Crippen MR) is 130 cm³/mol. The molecule has 3 rings (SSSR count). The Kier molecular flexibility index (Phi) is 9.40. The molecule has 8 nitrogen and oxygen atoms in total. The average Bonchev–Trinajstić information content (AvgIpc) is 2.80. The molecule has 9 heteroatoms. The molecule has 0 spiro atoms. The molecule has 4 N–H and O–H groups in total. The zero-order chi connectivity index (χ0) is 23.3. The summed E-state index contributed by atoms with van der Waals surface area (Å²) in [6.45, 7) is 2.38. The number of aryl methyl sites for hydroxylation is 1. The van der Waals surface area contributed by atoms with E-state index in [9.17, 15) is 15.0 Å². The van der Waals surface area contributed by atoms with E-state index in [1.165, 1.54) is 12.1 Å². The van der Waals surface area contributed by atoms with Gasteiger partial charge < -0.3 is 34.7 Å². The first-order chi connectivity index (χ1) is 15.4. The minimum absolute atomic E-state index is 0. The Labute approximate surface area is 198 Å². The minimum Gasteiger partial charge on any atom is -0.506 e. The van der Waals surface area contributed by atoms with E-state index in [1.54, 1.807) is 33.5 Å². The van der Waals surface area contributed by atoms with Crippen LogP contribution in [0.15, 0.2) is 41.2 Å². The lowest BCUT2D eigenvalue weighted by Gasteiger charge is -2.19. The van der Waals surface area contributed by atoms with Crippen LogP contribution in [-0.2, 0) is 6.42 Å². The molecule has 0 fully saturated rings. The van der Waals surface area contributed by atoms with Crippen LogP contribution < -0.4 is 25.1 Å². The Morgan fingerprint density at radius 2 is 1.70 bits per heavy atom. The molecule has 33 heavy (non-hydrogen) atoms. The number of aliphatic hydroxyl groups is 1. The van der Waals surface area contributed by atoms with Gasteiger partial charge in [-0.05, 0) is 55.2 Å². The molecule has 0 bridgehead atoms. The number of benzene rings is 2. The zero-order valence-corrected chi connectivity index (χ0v) is 20.0. The molecule has 0 aliphatic rings. The molecule has 1 heterocycles. The van der Waals surface area contributed by atoms with Crippen LogP contribution in [0.25, 0.3) is 10.9 Å².